The summed E-state index contributed by atoms with van der Waals surface area (Å²) in [7, 11) is 0. The number of halogens is 8. The molecule has 0 bridgehead atoms. The van der Waals surface area contributed by atoms with Crippen LogP contribution in [0.1, 0.15) is 22.5 Å². The number of rotatable bonds is 8. The molecule has 2 aromatic carbocycles. The SMILES string of the molecule is C#CCOc1c(F)c(F)c(/C(=C2\C=CC=N2)c2ccc[n-]2)c(F)c1F.C#CCOc1c(F)c(F)c(/C(=C2\C=CC=N2)c2ccc[n-]2)c(F)c1F.[Zn+2]. The second-order valence-corrected chi connectivity index (χ2v) is 9.75. The van der Waals surface area contributed by atoms with Gasteiger partial charge in [0, 0.05) is 12.4 Å². The number of aliphatic imine (C=N–C) groups is 2. The Morgan fingerprint density at radius 1 is 0.588 bits per heavy atom. The van der Waals surface area contributed by atoms with Gasteiger partial charge in [-0.2, -0.15) is 30.0 Å². The van der Waals surface area contributed by atoms with Crippen molar-refractivity contribution in [2.24, 2.45) is 9.98 Å². The van der Waals surface area contributed by atoms with Crippen LogP contribution in [0.3, 0.4) is 0 Å². The van der Waals surface area contributed by atoms with E-state index in [4.69, 9.17) is 12.8 Å². The molecule has 0 saturated heterocycles. The van der Waals surface area contributed by atoms with Crippen LogP contribution in [0, 0.1) is 71.2 Å². The zero-order chi connectivity index (χ0) is 35.9. The molecule has 0 fully saturated rings. The van der Waals surface area contributed by atoms with Gasteiger partial charge in [0.05, 0.1) is 22.5 Å². The summed E-state index contributed by atoms with van der Waals surface area (Å²) in [4.78, 5) is 15.8. The van der Waals surface area contributed by atoms with Crippen molar-refractivity contribution in [2.75, 3.05) is 13.2 Å². The summed E-state index contributed by atoms with van der Waals surface area (Å²) in [6, 6.07) is 5.93. The number of hydrogen-bond acceptors (Lipinski definition) is 4. The van der Waals surface area contributed by atoms with Crippen LogP contribution >= 0.6 is 0 Å². The van der Waals surface area contributed by atoms with Crippen LogP contribution in [0.2, 0.25) is 0 Å². The summed E-state index contributed by atoms with van der Waals surface area (Å²) in [5, 5.41) is 0. The molecule has 2 aromatic heterocycles. The molecule has 0 amide bonds. The first-order valence-electron chi connectivity index (χ1n) is 14.0. The van der Waals surface area contributed by atoms with Crippen molar-refractivity contribution in [3.63, 3.8) is 0 Å². The van der Waals surface area contributed by atoms with Crippen molar-refractivity contribution in [2.45, 2.75) is 0 Å². The number of hydrogen-bond donors (Lipinski definition) is 0. The minimum Gasteiger partial charge on any atom is -0.664 e. The first-order valence-corrected chi connectivity index (χ1v) is 14.0. The second kappa shape index (κ2) is 16.7. The Kier molecular flexibility index (Phi) is 12.4. The van der Waals surface area contributed by atoms with E-state index in [9.17, 15) is 35.1 Å². The summed E-state index contributed by atoms with van der Waals surface area (Å²) in [5.74, 6) is -11.7. The van der Waals surface area contributed by atoms with Crippen LogP contribution in [0.4, 0.5) is 35.1 Å². The third-order valence-corrected chi connectivity index (χ3v) is 6.79. The van der Waals surface area contributed by atoms with Crippen LogP contribution in [-0.2, 0) is 19.5 Å². The van der Waals surface area contributed by atoms with Crippen LogP contribution in [0.25, 0.3) is 11.1 Å². The molecule has 2 aliphatic heterocycles. The summed E-state index contributed by atoms with van der Waals surface area (Å²) < 4.78 is 124. The van der Waals surface area contributed by atoms with Gasteiger partial charge in [0.1, 0.15) is 13.2 Å². The van der Waals surface area contributed by atoms with Crippen molar-refractivity contribution < 1.29 is 64.1 Å². The fourth-order valence-electron chi connectivity index (χ4n) is 4.71. The van der Waals surface area contributed by atoms with Gasteiger partial charge >= 0.3 is 19.5 Å². The molecule has 6 nitrogen and oxygen atoms in total. The van der Waals surface area contributed by atoms with Crippen molar-refractivity contribution in [3.05, 3.63) is 141 Å². The van der Waals surface area contributed by atoms with Gasteiger partial charge in [0.2, 0.25) is 23.3 Å². The number of terminal acetylenes is 2. The van der Waals surface area contributed by atoms with E-state index in [0.717, 1.165) is 0 Å². The average Bonchev–Trinajstić information content (AvgIpc) is 3.96. The predicted molar refractivity (Wildman–Crippen MR) is 168 cm³/mol. The maximum absolute atomic E-state index is 14.6. The van der Waals surface area contributed by atoms with Crippen molar-refractivity contribution in [3.8, 4) is 36.2 Å². The molecule has 51 heavy (non-hydrogen) atoms. The van der Waals surface area contributed by atoms with Crippen molar-refractivity contribution in [1.29, 1.82) is 0 Å². The van der Waals surface area contributed by atoms with Crippen LogP contribution in [-0.4, -0.2) is 25.6 Å². The smallest absolute Gasteiger partial charge is 0.664 e. The summed E-state index contributed by atoms with van der Waals surface area (Å²) in [5.41, 5.74) is -1.71. The molecule has 0 aliphatic carbocycles. The quantitative estimate of drug-likeness (QED) is 0.0825. The van der Waals surface area contributed by atoms with Crippen LogP contribution in [0.5, 0.6) is 11.5 Å². The number of allylic oxidation sites excluding steroid dienone is 4. The topological polar surface area (TPSA) is 71.4 Å². The summed E-state index contributed by atoms with van der Waals surface area (Å²) >= 11 is 0. The van der Waals surface area contributed by atoms with E-state index in [1.807, 2.05) is 11.8 Å². The Labute approximate surface area is 297 Å². The summed E-state index contributed by atoms with van der Waals surface area (Å²) in [6.45, 7) is -1.09. The Morgan fingerprint density at radius 2 is 0.941 bits per heavy atom. The van der Waals surface area contributed by atoms with E-state index in [2.05, 4.69) is 29.4 Å². The maximum Gasteiger partial charge on any atom is 2.00 e. The minimum atomic E-state index is -1.68. The maximum atomic E-state index is 14.6. The van der Waals surface area contributed by atoms with E-state index >= 15 is 0 Å². The van der Waals surface area contributed by atoms with Gasteiger partial charge < -0.3 is 19.4 Å². The molecule has 0 saturated carbocycles. The Bertz CT molecular complexity index is 1980. The molecular weight excluding hydrogens is 738 g/mol. The molecule has 4 aromatic rings. The zero-order valence-electron chi connectivity index (χ0n) is 25.8. The first kappa shape index (κ1) is 37.9. The predicted octanol–water partition coefficient (Wildman–Crippen LogP) is 7.22. The van der Waals surface area contributed by atoms with Gasteiger partial charge in [-0.25, -0.2) is 17.6 Å². The van der Waals surface area contributed by atoms with Crippen LogP contribution in [0.15, 0.2) is 82.3 Å². The number of benzene rings is 2. The molecule has 0 radical (unpaired) electrons. The molecule has 6 rings (SSSR count). The standard InChI is InChI=1S/2C18H9F4N2O.Zn/c2*1-2-9-25-18-16(21)14(19)13(15(20)17(18)22)12(10-5-3-7-23-10)11-6-4-8-24-11;/h2*1,3-8H,9H2;/q2*-1;+2/b2*12-10+;. The summed E-state index contributed by atoms with van der Waals surface area (Å²) in [6.07, 6.45) is 21.3. The van der Waals surface area contributed by atoms with Gasteiger partial charge in [-0.3, -0.25) is 9.98 Å². The average molecular weight is 756 g/mol. The van der Waals surface area contributed by atoms with E-state index in [-0.39, 0.29) is 53.4 Å². The molecule has 0 atom stereocenters. The molecule has 4 heterocycles. The molecule has 0 unspecified atom stereocenters. The third kappa shape index (κ3) is 7.49. The Hall–Kier alpha value is -5.92. The zero-order valence-corrected chi connectivity index (χ0v) is 28.8. The number of aromatic nitrogens is 2. The molecule has 252 valence electrons. The van der Waals surface area contributed by atoms with Crippen LogP contribution < -0.4 is 19.4 Å². The van der Waals surface area contributed by atoms with Gasteiger partial charge in [-0.1, -0.05) is 36.1 Å². The Balaban J connectivity index is 0.000000224. The van der Waals surface area contributed by atoms with Gasteiger partial charge in [0.15, 0.2) is 34.8 Å². The largest absolute Gasteiger partial charge is 2.00 e. The molecular formula is C36H18F8N4O2Zn. The normalized spacial score (nSPS) is 14.4. The van der Waals surface area contributed by atoms with Gasteiger partial charge in [-0.15, -0.1) is 24.2 Å². The minimum absolute atomic E-state index is 0. The molecule has 0 spiro atoms. The van der Waals surface area contributed by atoms with E-state index < -0.39 is 82.4 Å². The second-order valence-electron chi connectivity index (χ2n) is 9.75. The fourth-order valence-corrected chi connectivity index (χ4v) is 4.71. The van der Waals surface area contributed by atoms with E-state index in [0.29, 0.717) is 0 Å². The monoisotopic (exact) mass is 754 g/mol. The fraction of sp³-hybridized carbons (Fsp3) is 0.0556. The third-order valence-electron chi connectivity index (χ3n) is 6.79. The van der Waals surface area contributed by atoms with Crippen molar-refractivity contribution >= 4 is 23.6 Å². The Morgan fingerprint density at radius 3 is 1.20 bits per heavy atom. The molecule has 15 heteroatoms. The molecule has 0 N–H and O–H groups in total. The molecule has 2 aliphatic rings. The number of nitrogens with zero attached hydrogens (tertiary/aromatic N) is 4. The number of ether oxygens (including phenoxy) is 2. The van der Waals surface area contributed by atoms with Crippen molar-refractivity contribution in [1.82, 2.24) is 9.97 Å². The van der Waals surface area contributed by atoms with Gasteiger partial charge in [0.25, 0.3) is 0 Å². The van der Waals surface area contributed by atoms with Gasteiger partial charge in [-0.05, 0) is 35.5 Å². The van der Waals surface area contributed by atoms with E-state index in [1.54, 1.807) is 0 Å². The van der Waals surface area contributed by atoms with E-state index in [1.165, 1.54) is 73.4 Å². The first-order chi connectivity index (χ1) is 24.1.